The summed E-state index contributed by atoms with van der Waals surface area (Å²) < 4.78 is 5.85. The van der Waals surface area contributed by atoms with Gasteiger partial charge in [-0.1, -0.05) is 36.4 Å². The minimum Gasteiger partial charge on any atom is -0.489 e. The Morgan fingerprint density at radius 2 is 1.84 bits per heavy atom. The summed E-state index contributed by atoms with van der Waals surface area (Å²) in [6.07, 6.45) is 3.93. The molecule has 0 saturated carbocycles. The lowest BCUT2D eigenvalue weighted by atomic mass is 10.2. The first-order valence-electron chi connectivity index (χ1n) is 10.3. The first kappa shape index (κ1) is 20.8. The predicted octanol–water partition coefficient (Wildman–Crippen LogP) is 4.39. The normalized spacial score (nSPS) is 13.0. The largest absolute Gasteiger partial charge is 0.489 e. The number of carbonyl (C=O) groups is 1. The van der Waals surface area contributed by atoms with E-state index in [-0.39, 0.29) is 11.0 Å². The van der Waals surface area contributed by atoms with Crippen LogP contribution in [0.1, 0.15) is 28.8 Å². The van der Waals surface area contributed by atoms with E-state index in [0.29, 0.717) is 23.7 Å². The maximum atomic E-state index is 12.8. The van der Waals surface area contributed by atoms with Crippen molar-refractivity contribution in [3.63, 3.8) is 0 Å². The Morgan fingerprint density at radius 1 is 1.03 bits per heavy atom. The fourth-order valence-corrected chi connectivity index (χ4v) is 3.70. The highest BCUT2D eigenvalue weighted by Gasteiger charge is 2.21. The summed E-state index contributed by atoms with van der Waals surface area (Å²) in [7, 11) is 0. The van der Waals surface area contributed by atoms with Crippen molar-refractivity contribution in [1.29, 1.82) is 0 Å². The fraction of sp³-hybridized carbons (Fsp3) is 0.208. The summed E-state index contributed by atoms with van der Waals surface area (Å²) >= 11 is 5.36. The lowest BCUT2D eigenvalue weighted by molar-refractivity contribution is 0.0978. The molecular formula is C24H24N4O2S. The van der Waals surface area contributed by atoms with Crippen LogP contribution in [0.3, 0.4) is 0 Å². The van der Waals surface area contributed by atoms with Gasteiger partial charge >= 0.3 is 0 Å². The van der Waals surface area contributed by atoms with Crippen molar-refractivity contribution in [2.24, 2.45) is 0 Å². The number of rotatable bonds is 6. The second-order valence-electron chi connectivity index (χ2n) is 7.28. The Morgan fingerprint density at radius 3 is 2.65 bits per heavy atom. The van der Waals surface area contributed by atoms with Gasteiger partial charge in [0.15, 0.2) is 5.11 Å². The van der Waals surface area contributed by atoms with E-state index in [4.69, 9.17) is 17.0 Å². The van der Waals surface area contributed by atoms with Crippen LogP contribution in [0.5, 0.6) is 5.75 Å². The zero-order chi connectivity index (χ0) is 21.5. The van der Waals surface area contributed by atoms with Gasteiger partial charge in [0.05, 0.1) is 5.56 Å². The van der Waals surface area contributed by atoms with Gasteiger partial charge in [-0.2, -0.15) is 0 Å². The Kier molecular flexibility index (Phi) is 6.74. The van der Waals surface area contributed by atoms with E-state index in [1.807, 2.05) is 54.6 Å². The molecule has 6 nitrogen and oxygen atoms in total. The van der Waals surface area contributed by atoms with Gasteiger partial charge in [-0.3, -0.25) is 10.1 Å². The van der Waals surface area contributed by atoms with Crippen LogP contribution in [0.15, 0.2) is 72.9 Å². The zero-order valence-corrected chi connectivity index (χ0v) is 17.9. The van der Waals surface area contributed by atoms with Gasteiger partial charge in [-0.05, 0) is 54.9 Å². The molecule has 3 aromatic rings. The molecule has 0 radical (unpaired) electrons. The van der Waals surface area contributed by atoms with Gasteiger partial charge in [0.1, 0.15) is 18.2 Å². The molecule has 31 heavy (non-hydrogen) atoms. The molecule has 0 unspecified atom stereocenters. The number of anilines is 2. The van der Waals surface area contributed by atoms with Crippen LogP contribution in [0.2, 0.25) is 0 Å². The van der Waals surface area contributed by atoms with Gasteiger partial charge in [0, 0.05) is 31.0 Å². The molecule has 2 heterocycles. The molecule has 1 aliphatic heterocycles. The fourth-order valence-electron chi connectivity index (χ4n) is 3.49. The van der Waals surface area contributed by atoms with Gasteiger partial charge in [0.2, 0.25) is 0 Å². The van der Waals surface area contributed by atoms with E-state index in [0.717, 1.165) is 37.2 Å². The molecule has 1 aromatic heterocycles. The van der Waals surface area contributed by atoms with Crippen LogP contribution in [-0.2, 0) is 6.61 Å². The average molecular weight is 433 g/mol. The molecule has 0 aliphatic carbocycles. The lowest BCUT2D eigenvalue weighted by Gasteiger charge is -2.19. The van der Waals surface area contributed by atoms with Crippen LogP contribution in [0, 0.1) is 0 Å². The number of nitrogens with one attached hydrogen (secondary N) is 2. The third kappa shape index (κ3) is 5.58. The van der Waals surface area contributed by atoms with Crippen molar-refractivity contribution in [3.8, 4) is 5.75 Å². The number of carbonyl (C=O) groups excluding carboxylic acids is 1. The second kappa shape index (κ2) is 10.0. The molecule has 2 N–H and O–H groups in total. The van der Waals surface area contributed by atoms with Crippen LogP contribution in [-0.4, -0.2) is 29.1 Å². The molecule has 7 heteroatoms. The number of ether oxygens (including phenoxy) is 1. The predicted molar refractivity (Wildman–Crippen MR) is 127 cm³/mol. The van der Waals surface area contributed by atoms with Crippen LogP contribution >= 0.6 is 12.2 Å². The maximum absolute atomic E-state index is 12.8. The molecule has 0 bridgehead atoms. The van der Waals surface area contributed by atoms with E-state index in [9.17, 15) is 4.79 Å². The maximum Gasteiger partial charge on any atom is 0.261 e. The SMILES string of the molecule is O=C(NC(=S)Nc1cccc(OCc2ccccc2)c1)c1cccnc1N1CCCC1. The van der Waals surface area contributed by atoms with E-state index in [2.05, 4.69) is 20.5 Å². The number of benzene rings is 2. The minimum absolute atomic E-state index is 0.224. The molecule has 2 aromatic carbocycles. The van der Waals surface area contributed by atoms with Crippen molar-refractivity contribution >= 4 is 34.7 Å². The van der Waals surface area contributed by atoms with E-state index in [1.165, 1.54) is 0 Å². The van der Waals surface area contributed by atoms with Crippen molar-refractivity contribution < 1.29 is 9.53 Å². The molecule has 1 fully saturated rings. The van der Waals surface area contributed by atoms with Gasteiger partial charge in [-0.15, -0.1) is 0 Å². The Bertz CT molecular complexity index is 1050. The molecule has 1 amide bonds. The van der Waals surface area contributed by atoms with Crippen molar-refractivity contribution in [3.05, 3.63) is 84.1 Å². The number of amides is 1. The summed E-state index contributed by atoms with van der Waals surface area (Å²) in [4.78, 5) is 19.4. The first-order chi connectivity index (χ1) is 15.2. The quantitative estimate of drug-likeness (QED) is 0.563. The van der Waals surface area contributed by atoms with Gasteiger partial charge in [-0.25, -0.2) is 4.98 Å². The summed E-state index contributed by atoms with van der Waals surface area (Å²) in [6, 6.07) is 21.0. The molecule has 0 spiro atoms. The summed E-state index contributed by atoms with van der Waals surface area (Å²) in [5, 5.41) is 6.04. The molecule has 158 valence electrons. The third-order valence-electron chi connectivity index (χ3n) is 5.00. The number of aromatic nitrogens is 1. The highest BCUT2D eigenvalue weighted by Crippen LogP contribution is 2.22. The summed E-state index contributed by atoms with van der Waals surface area (Å²) in [5.41, 5.74) is 2.35. The lowest BCUT2D eigenvalue weighted by Crippen LogP contribution is -2.35. The minimum atomic E-state index is -0.274. The molecule has 1 saturated heterocycles. The zero-order valence-electron chi connectivity index (χ0n) is 17.1. The molecule has 4 rings (SSSR count). The Labute approximate surface area is 187 Å². The van der Waals surface area contributed by atoms with Crippen molar-refractivity contribution in [2.45, 2.75) is 19.4 Å². The first-order valence-corrected chi connectivity index (χ1v) is 10.7. The topological polar surface area (TPSA) is 66.5 Å². The van der Waals surface area contributed by atoms with Crippen LogP contribution < -0.4 is 20.3 Å². The highest BCUT2D eigenvalue weighted by atomic mass is 32.1. The standard InChI is InChI=1S/C24H24N4O2S/c29-23(21-12-7-13-25-22(21)28-14-4-5-15-28)27-24(31)26-19-10-6-11-20(16-19)30-17-18-8-2-1-3-9-18/h1-3,6-13,16H,4-5,14-15,17H2,(H2,26,27,29,31). The second-order valence-corrected chi connectivity index (χ2v) is 7.69. The number of nitrogens with zero attached hydrogens (tertiary/aromatic N) is 2. The number of hydrogen-bond acceptors (Lipinski definition) is 5. The monoisotopic (exact) mass is 432 g/mol. The molecule has 0 atom stereocenters. The summed E-state index contributed by atoms with van der Waals surface area (Å²) in [5.74, 6) is 1.15. The number of thiocarbonyl (C=S) groups is 1. The van der Waals surface area contributed by atoms with Crippen molar-refractivity contribution in [2.75, 3.05) is 23.3 Å². The third-order valence-corrected chi connectivity index (χ3v) is 5.21. The highest BCUT2D eigenvalue weighted by molar-refractivity contribution is 7.80. The van der Waals surface area contributed by atoms with Gasteiger partial charge in [0.25, 0.3) is 5.91 Å². The molecule has 1 aliphatic rings. The van der Waals surface area contributed by atoms with E-state index < -0.39 is 0 Å². The number of pyridine rings is 1. The van der Waals surface area contributed by atoms with E-state index in [1.54, 1.807) is 18.3 Å². The van der Waals surface area contributed by atoms with Gasteiger partial charge < -0.3 is 15.0 Å². The smallest absolute Gasteiger partial charge is 0.261 e. The number of hydrogen-bond donors (Lipinski definition) is 2. The van der Waals surface area contributed by atoms with Crippen LogP contribution in [0.4, 0.5) is 11.5 Å². The van der Waals surface area contributed by atoms with Crippen molar-refractivity contribution in [1.82, 2.24) is 10.3 Å². The van der Waals surface area contributed by atoms with Crippen LogP contribution in [0.25, 0.3) is 0 Å². The average Bonchev–Trinajstić information content (AvgIpc) is 3.33. The molecular weight excluding hydrogens is 408 g/mol. The van der Waals surface area contributed by atoms with E-state index >= 15 is 0 Å². The Balaban J connectivity index is 1.36. The Hall–Kier alpha value is -3.45. The summed E-state index contributed by atoms with van der Waals surface area (Å²) in [6.45, 7) is 2.30.